The quantitative estimate of drug-likeness (QED) is 0.630. The summed E-state index contributed by atoms with van der Waals surface area (Å²) in [5, 5.41) is 19.2. The molecule has 3 rings (SSSR count). The van der Waals surface area contributed by atoms with E-state index in [0.29, 0.717) is 25.7 Å². The molecule has 0 spiro atoms. The first kappa shape index (κ1) is 21.8. The van der Waals surface area contributed by atoms with E-state index >= 15 is 0 Å². The number of carbonyl (C=O) groups is 2. The Morgan fingerprint density at radius 1 is 1.17 bits per heavy atom. The Morgan fingerprint density at radius 3 is 2.60 bits per heavy atom. The van der Waals surface area contributed by atoms with Crippen molar-refractivity contribution in [3.8, 4) is 0 Å². The summed E-state index contributed by atoms with van der Waals surface area (Å²) in [4.78, 5) is 23.2. The first-order valence-electron chi connectivity index (χ1n) is 9.98. The van der Waals surface area contributed by atoms with Gasteiger partial charge in [0.05, 0.1) is 11.7 Å². The third kappa shape index (κ3) is 5.60. The van der Waals surface area contributed by atoms with Gasteiger partial charge in [-0.05, 0) is 66.6 Å². The zero-order chi connectivity index (χ0) is 21.7. The smallest absolute Gasteiger partial charge is 0.335 e. The molecule has 2 aromatic rings. The summed E-state index contributed by atoms with van der Waals surface area (Å²) in [5.41, 5.74) is 1.29. The van der Waals surface area contributed by atoms with Crippen LogP contribution in [0.2, 0.25) is 0 Å². The summed E-state index contributed by atoms with van der Waals surface area (Å²) in [6.07, 6.45) is 4.81. The number of carbonyl (C=O) groups excluding carboxylic acids is 1. The summed E-state index contributed by atoms with van der Waals surface area (Å²) < 4.78 is 27.0. The molecular weight excluding hydrogens is 390 g/mol. The number of aliphatic hydroxyl groups is 1. The number of hydrogen-bond donors (Lipinski definition) is 2. The molecule has 0 aliphatic heterocycles. The highest BCUT2D eigenvalue weighted by atomic mass is 19.1. The third-order valence-corrected chi connectivity index (χ3v) is 5.62. The SMILES string of the molecule is O=C(O)c1ccc(CC[C@H]2C(=O)CC[C@@H]2/C=C/C(O)Cc2cc(F)ccc2F)cc1. The number of Topliss-reactive ketones (excluding diaryl/α,β-unsaturated/α-hetero) is 1. The highest BCUT2D eigenvalue weighted by Gasteiger charge is 2.32. The summed E-state index contributed by atoms with van der Waals surface area (Å²) in [6, 6.07) is 9.75. The number of aromatic carboxylic acids is 1. The molecular formula is C24H24F2O4. The fourth-order valence-electron chi connectivity index (χ4n) is 3.94. The van der Waals surface area contributed by atoms with Crippen LogP contribution < -0.4 is 0 Å². The maximum atomic E-state index is 13.7. The Labute approximate surface area is 173 Å². The first-order chi connectivity index (χ1) is 14.3. The van der Waals surface area contributed by atoms with Gasteiger partial charge in [0.15, 0.2) is 0 Å². The van der Waals surface area contributed by atoms with Crippen molar-refractivity contribution < 1.29 is 28.6 Å². The van der Waals surface area contributed by atoms with Gasteiger partial charge < -0.3 is 10.2 Å². The number of benzene rings is 2. The minimum atomic E-state index is -0.977. The van der Waals surface area contributed by atoms with Crippen LogP contribution in [-0.2, 0) is 17.6 Å². The molecule has 1 fully saturated rings. The van der Waals surface area contributed by atoms with Crippen LogP contribution in [0.3, 0.4) is 0 Å². The van der Waals surface area contributed by atoms with Crippen LogP contribution in [0.25, 0.3) is 0 Å². The Balaban J connectivity index is 1.58. The van der Waals surface area contributed by atoms with Crippen molar-refractivity contribution in [2.75, 3.05) is 0 Å². The van der Waals surface area contributed by atoms with E-state index in [1.54, 1.807) is 30.3 Å². The fraction of sp³-hybridized carbons (Fsp3) is 0.333. The summed E-state index contributed by atoms with van der Waals surface area (Å²) in [7, 11) is 0. The maximum absolute atomic E-state index is 13.7. The predicted octanol–water partition coefficient (Wildman–Crippen LogP) is 4.35. The van der Waals surface area contributed by atoms with Crippen LogP contribution in [0.1, 0.15) is 40.7 Å². The van der Waals surface area contributed by atoms with Gasteiger partial charge in [-0.2, -0.15) is 0 Å². The normalized spacial score (nSPS) is 20.0. The molecule has 2 aromatic carbocycles. The van der Waals surface area contributed by atoms with Gasteiger partial charge in [0.25, 0.3) is 0 Å². The van der Waals surface area contributed by atoms with Gasteiger partial charge in [0, 0.05) is 18.8 Å². The van der Waals surface area contributed by atoms with E-state index in [2.05, 4.69) is 0 Å². The molecule has 1 aliphatic rings. The molecule has 0 radical (unpaired) electrons. The average Bonchev–Trinajstić information content (AvgIpc) is 3.07. The highest BCUT2D eigenvalue weighted by molar-refractivity contribution is 5.87. The molecule has 0 bridgehead atoms. The molecule has 6 heteroatoms. The van der Waals surface area contributed by atoms with Gasteiger partial charge >= 0.3 is 5.97 Å². The minimum absolute atomic E-state index is 0.0113. The number of hydrogen-bond acceptors (Lipinski definition) is 3. The molecule has 0 saturated heterocycles. The number of carboxylic acids is 1. The monoisotopic (exact) mass is 414 g/mol. The standard InChI is InChI=1S/C24H24F2O4/c25-19-8-11-22(26)18(13-19)14-20(27)9-6-16-7-12-23(28)21(16)10-3-15-1-4-17(5-2-15)24(29)30/h1-2,4-6,8-9,11,13,16,20-21,27H,3,7,10,12,14H2,(H,29,30)/b9-6+/t16-,20?,21+/m0/s1. The molecule has 3 atom stereocenters. The van der Waals surface area contributed by atoms with Gasteiger partial charge in [0.1, 0.15) is 17.4 Å². The number of aryl methyl sites for hydroxylation is 1. The van der Waals surface area contributed by atoms with Crippen molar-refractivity contribution in [1.29, 1.82) is 0 Å². The molecule has 158 valence electrons. The van der Waals surface area contributed by atoms with Gasteiger partial charge in [-0.1, -0.05) is 24.3 Å². The van der Waals surface area contributed by atoms with Gasteiger partial charge in [-0.15, -0.1) is 0 Å². The van der Waals surface area contributed by atoms with E-state index in [4.69, 9.17) is 5.11 Å². The number of allylic oxidation sites excluding steroid dienone is 1. The van der Waals surface area contributed by atoms with Crippen molar-refractivity contribution in [3.05, 3.63) is 82.9 Å². The van der Waals surface area contributed by atoms with E-state index in [1.807, 2.05) is 6.08 Å². The lowest BCUT2D eigenvalue weighted by molar-refractivity contribution is -0.121. The molecule has 2 N–H and O–H groups in total. The second-order valence-electron chi connectivity index (χ2n) is 7.71. The summed E-state index contributed by atoms with van der Waals surface area (Å²) in [5.74, 6) is -2.10. The largest absolute Gasteiger partial charge is 0.478 e. The van der Waals surface area contributed by atoms with Gasteiger partial charge in [-0.3, -0.25) is 4.79 Å². The third-order valence-electron chi connectivity index (χ3n) is 5.62. The van der Waals surface area contributed by atoms with E-state index in [1.165, 1.54) is 0 Å². The molecule has 0 amide bonds. The lowest BCUT2D eigenvalue weighted by Crippen LogP contribution is -2.15. The van der Waals surface area contributed by atoms with Crippen molar-refractivity contribution >= 4 is 11.8 Å². The summed E-state index contributed by atoms with van der Waals surface area (Å²) >= 11 is 0. The van der Waals surface area contributed by atoms with E-state index < -0.39 is 23.7 Å². The van der Waals surface area contributed by atoms with Crippen LogP contribution in [0.5, 0.6) is 0 Å². The number of rotatable bonds is 8. The van der Waals surface area contributed by atoms with Crippen LogP contribution in [0.15, 0.2) is 54.6 Å². The summed E-state index contributed by atoms with van der Waals surface area (Å²) in [6.45, 7) is 0. The second kappa shape index (κ2) is 9.76. The van der Waals surface area contributed by atoms with Crippen molar-refractivity contribution in [2.45, 2.75) is 38.2 Å². The number of ketones is 1. The van der Waals surface area contributed by atoms with E-state index in [-0.39, 0.29) is 35.2 Å². The molecule has 1 unspecified atom stereocenters. The van der Waals surface area contributed by atoms with Gasteiger partial charge in [-0.25, -0.2) is 13.6 Å². The second-order valence-corrected chi connectivity index (χ2v) is 7.71. The Kier molecular flexibility index (Phi) is 7.11. The topological polar surface area (TPSA) is 74.6 Å². The predicted molar refractivity (Wildman–Crippen MR) is 108 cm³/mol. The van der Waals surface area contributed by atoms with E-state index in [9.17, 15) is 23.5 Å². The molecule has 1 aliphatic carbocycles. The zero-order valence-electron chi connectivity index (χ0n) is 16.4. The Hall–Kier alpha value is -2.86. The number of aliphatic hydroxyl groups excluding tert-OH is 1. The van der Waals surface area contributed by atoms with E-state index in [0.717, 1.165) is 23.8 Å². The maximum Gasteiger partial charge on any atom is 0.335 e. The molecule has 0 heterocycles. The Morgan fingerprint density at radius 2 is 1.90 bits per heavy atom. The lowest BCUT2D eigenvalue weighted by atomic mass is 9.88. The van der Waals surface area contributed by atoms with Crippen molar-refractivity contribution in [1.82, 2.24) is 0 Å². The van der Waals surface area contributed by atoms with Crippen molar-refractivity contribution in [2.24, 2.45) is 11.8 Å². The zero-order valence-corrected chi connectivity index (χ0v) is 16.4. The van der Waals surface area contributed by atoms with Gasteiger partial charge in [0.2, 0.25) is 0 Å². The lowest BCUT2D eigenvalue weighted by Gasteiger charge is -2.16. The molecule has 30 heavy (non-hydrogen) atoms. The fourth-order valence-corrected chi connectivity index (χ4v) is 3.94. The van der Waals surface area contributed by atoms with Crippen LogP contribution in [0.4, 0.5) is 8.78 Å². The molecule has 1 saturated carbocycles. The molecule has 0 aromatic heterocycles. The number of carboxylic acid groups (broad SMARTS) is 1. The highest BCUT2D eigenvalue weighted by Crippen LogP contribution is 2.33. The van der Waals surface area contributed by atoms with Crippen LogP contribution in [0, 0.1) is 23.5 Å². The van der Waals surface area contributed by atoms with Crippen LogP contribution in [-0.4, -0.2) is 28.1 Å². The van der Waals surface area contributed by atoms with Crippen molar-refractivity contribution in [3.63, 3.8) is 0 Å². The average molecular weight is 414 g/mol. The first-order valence-corrected chi connectivity index (χ1v) is 9.98. The van der Waals surface area contributed by atoms with Crippen LogP contribution >= 0.6 is 0 Å². The number of halogens is 2. The Bertz CT molecular complexity index is 937. The molecule has 4 nitrogen and oxygen atoms in total. The minimum Gasteiger partial charge on any atom is -0.478 e.